The number of aliphatic imine (C=N–C) groups is 1. The van der Waals surface area contributed by atoms with Gasteiger partial charge in [-0.15, -0.1) is 13.2 Å². The summed E-state index contributed by atoms with van der Waals surface area (Å²) in [5.41, 5.74) is 0. The molecule has 0 bridgehead atoms. The summed E-state index contributed by atoms with van der Waals surface area (Å²) in [7, 11) is 0. The van der Waals surface area contributed by atoms with Gasteiger partial charge >= 0.3 is 0 Å². The minimum atomic E-state index is 0.355. The molecule has 5 nitrogen and oxygen atoms in total. The molecule has 0 fully saturated rings. The summed E-state index contributed by atoms with van der Waals surface area (Å²) in [6, 6.07) is 0.355. The Morgan fingerprint density at radius 2 is 1.83 bits per heavy atom. The van der Waals surface area contributed by atoms with Crippen molar-refractivity contribution >= 4 is 5.96 Å². The predicted octanol–water partition coefficient (Wildman–Crippen LogP) is 2.28. The smallest absolute Gasteiger partial charge is 0.191 e. The molecule has 2 N–H and O–H groups in total. The predicted molar refractivity (Wildman–Crippen MR) is 101 cm³/mol. The zero-order valence-electron chi connectivity index (χ0n) is 15.5. The van der Waals surface area contributed by atoms with E-state index < -0.39 is 0 Å². The van der Waals surface area contributed by atoms with Crippen LogP contribution in [0.2, 0.25) is 0 Å². The molecule has 0 aromatic rings. The first-order valence-corrected chi connectivity index (χ1v) is 8.66. The molecule has 0 radical (unpaired) electrons. The fourth-order valence-corrected chi connectivity index (χ4v) is 2.34. The van der Waals surface area contributed by atoms with Crippen LogP contribution >= 0.6 is 0 Å². The Labute approximate surface area is 142 Å². The molecule has 0 rings (SSSR count). The van der Waals surface area contributed by atoms with Gasteiger partial charge in [0.1, 0.15) is 0 Å². The van der Waals surface area contributed by atoms with Crippen molar-refractivity contribution in [2.45, 2.75) is 33.7 Å². The van der Waals surface area contributed by atoms with Crippen molar-refractivity contribution in [1.29, 1.82) is 0 Å². The zero-order valence-corrected chi connectivity index (χ0v) is 15.5. The van der Waals surface area contributed by atoms with Gasteiger partial charge in [-0.05, 0) is 19.8 Å². The van der Waals surface area contributed by atoms with E-state index in [1.165, 1.54) is 0 Å². The third kappa shape index (κ3) is 10.1. The third-order valence-electron chi connectivity index (χ3n) is 3.49. The van der Waals surface area contributed by atoms with E-state index in [-0.39, 0.29) is 0 Å². The molecule has 1 unspecified atom stereocenters. The molecule has 0 saturated carbocycles. The lowest BCUT2D eigenvalue weighted by atomic mass is 10.0. The highest BCUT2D eigenvalue weighted by molar-refractivity contribution is 5.79. The van der Waals surface area contributed by atoms with Crippen LogP contribution < -0.4 is 10.6 Å². The number of hydrogen-bond acceptors (Lipinski definition) is 3. The van der Waals surface area contributed by atoms with E-state index in [0.29, 0.717) is 18.6 Å². The molecule has 0 spiro atoms. The summed E-state index contributed by atoms with van der Waals surface area (Å²) in [6.07, 6.45) is 3.88. The van der Waals surface area contributed by atoms with Gasteiger partial charge in [0.2, 0.25) is 0 Å². The van der Waals surface area contributed by atoms with Crippen molar-refractivity contribution in [3.8, 4) is 0 Å². The van der Waals surface area contributed by atoms with Crippen LogP contribution in [0.5, 0.6) is 0 Å². The van der Waals surface area contributed by atoms with Crippen molar-refractivity contribution in [2.24, 2.45) is 10.9 Å². The Morgan fingerprint density at radius 3 is 2.30 bits per heavy atom. The van der Waals surface area contributed by atoms with Gasteiger partial charge in [0.25, 0.3) is 0 Å². The maximum atomic E-state index is 5.35. The summed E-state index contributed by atoms with van der Waals surface area (Å²) in [6.45, 7) is 21.7. The highest BCUT2D eigenvalue weighted by Gasteiger charge is 2.19. The summed E-state index contributed by atoms with van der Waals surface area (Å²) in [5.74, 6) is 1.35. The van der Waals surface area contributed by atoms with Crippen LogP contribution in [-0.2, 0) is 4.74 Å². The van der Waals surface area contributed by atoms with Gasteiger partial charge in [0.05, 0.1) is 13.2 Å². The Morgan fingerprint density at radius 1 is 1.17 bits per heavy atom. The Kier molecular flexibility index (Phi) is 13.4. The van der Waals surface area contributed by atoms with Crippen LogP contribution in [0.25, 0.3) is 0 Å². The lowest BCUT2D eigenvalue weighted by Gasteiger charge is -2.32. The highest BCUT2D eigenvalue weighted by atomic mass is 16.5. The summed E-state index contributed by atoms with van der Waals surface area (Å²) >= 11 is 0. The molecular formula is C18H36N4O. The third-order valence-corrected chi connectivity index (χ3v) is 3.49. The maximum Gasteiger partial charge on any atom is 0.191 e. The second-order valence-corrected chi connectivity index (χ2v) is 5.69. The standard InChI is InChI=1S/C18H36N4O/c1-7-12-22(13-8-2)17(16(5)6)15-21-18(19-9-3)20-11-14-23-10-4/h7-8,16-17H,1-2,9-15H2,3-6H3,(H2,19,20,21). The summed E-state index contributed by atoms with van der Waals surface area (Å²) in [4.78, 5) is 7.11. The second-order valence-electron chi connectivity index (χ2n) is 5.69. The van der Waals surface area contributed by atoms with Gasteiger partial charge < -0.3 is 15.4 Å². The molecule has 5 heteroatoms. The normalized spacial score (nSPS) is 13.2. The van der Waals surface area contributed by atoms with Crippen LogP contribution in [0.1, 0.15) is 27.7 Å². The quantitative estimate of drug-likeness (QED) is 0.236. The van der Waals surface area contributed by atoms with Crippen molar-refractivity contribution < 1.29 is 4.74 Å². The van der Waals surface area contributed by atoms with Crippen molar-refractivity contribution in [3.63, 3.8) is 0 Å². The molecule has 134 valence electrons. The molecule has 23 heavy (non-hydrogen) atoms. The lowest BCUT2D eigenvalue weighted by molar-refractivity contribution is 0.152. The number of nitrogens with zero attached hydrogens (tertiary/aromatic N) is 2. The van der Waals surface area contributed by atoms with E-state index in [9.17, 15) is 0 Å². The van der Waals surface area contributed by atoms with E-state index in [1.54, 1.807) is 0 Å². The minimum absolute atomic E-state index is 0.355. The molecule has 0 aliphatic carbocycles. The van der Waals surface area contributed by atoms with E-state index in [0.717, 1.165) is 45.3 Å². The average Bonchev–Trinajstić information content (AvgIpc) is 2.51. The topological polar surface area (TPSA) is 48.9 Å². The highest BCUT2D eigenvalue weighted by Crippen LogP contribution is 2.11. The summed E-state index contributed by atoms with van der Waals surface area (Å²) in [5, 5.41) is 6.59. The average molecular weight is 325 g/mol. The van der Waals surface area contributed by atoms with E-state index in [1.807, 2.05) is 19.1 Å². The Balaban J connectivity index is 4.76. The monoisotopic (exact) mass is 324 g/mol. The van der Waals surface area contributed by atoms with Gasteiger partial charge in [-0.1, -0.05) is 26.0 Å². The first-order chi connectivity index (χ1) is 11.1. The number of rotatable bonds is 13. The number of guanidine groups is 1. The van der Waals surface area contributed by atoms with Gasteiger partial charge in [0.15, 0.2) is 5.96 Å². The van der Waals surface area contributed by atoms with Gasteiger partial charge in [-0.2, -0.15) is 0 Å². The Bertz CT molecular complexity index is 332. The molecule has 0 aliphatic rings. The Hall–Kier alpha value is -1.33. The van der Waals surface area contributed by atoms with Crippen molar-refractivity contribution in [2.75, 3.05) is 45.9 Å². The van der Waals surface area contributed by atoms with E-state index >= 15 is 0 Å². The molecule has 0 aromatic carbocycles. The maximum absolute atomic E-state index is 5.35. The first-order valence-electron chi connectivity index (χ1n) is 8.66. The van der Waals surface area contributed by atoms with E-state index in [2.05, 4.69) is 49.5 Å². The van der Waals surface area contributed by atoms with Gasteiger partial charge in [-0.3, -0.25) is 9.89 Å². The number of ether oxygens (including phenoxy) is 1. The largest absolute Gasteiger partial charge is 0.380 e. The minimum Gasteiger partial charge on any atom is -0.380 e. The summed E-state index contributed by atoms with van der Waals surface area (Å²) < 4.78 is 5.35. The molecule has 1 atom stereocenters. The lowest BCUT2D eigenvalue weighted by Crippen LogP contribution is -2.44. The fraction of sp³-hybridized carbons (Fsp3) is 0.722. The zero-order chi connectivity index (χ0) is 17.5. The molecule has 0 aromatic heterocycles. The molecule has 0 amide bonds. The molecule has 0 aliphatic heterocycles. The van der Waals surface area contributed by atoms with Crippen LogP contribution in [0.4, 0.5) is 0 Å². The van der Waals surface area contributed by atoms with Crippen LogP contribution in [0.15, 0.2) is 30.3 Å². The van der Waals surface area contributed by atoms with Gasteiger partial charge in [0, 0.05) is 38.8 Å². The first kappa shape index (κ1) is 21.7. The van der Waals surface area contributed by atoms with Crippen LogP contribution in [0.3, 0.4) is 0 Å². The molecule has 0 saturated heterocycles. The van der Waals surface area contributed by atoms with Crippen molar-refractivity contribution in [1.82, 2.24) is 15.5 Å². The van der Waals surface area contributed by atoms with E-state index in [4.69, 9.17) is 9.73 Å². The van der Waals surface area contributed by atoms with Crippen LogP contribution in [-0.4, -0.2) is 62.8 Å². The molecular weight excluding hydrogens is 288 g/mol. The number of nitrogens with one attached hydrogen (secondary N) is 2. The molecule has 0 heterocycles. The van der Waals surface area contributed by atoms with Crippen LogP contribution in [0, 0.1) is 5.92 Å². The van der Waals surface area contributed by atoms with Gasteiger partial charge in [-0.25, -0.2) is 0 Å². The number of hydrogen-bond donors (Lipinski definition) is 2. The SMILES string of the molecule is C=CCN(CC=C)C(CN=C(NCC)NCCOCC)C(C)C. The van der Waals surface area contributed by atoms with Crippen molar-refractivity contribution in [3.05, 3.63) is 25.3 Å². The second kappa shape index (κ2) is 14.3. The fourth-order valence-electron chi connectivity index (χ4n) is 2.34.